The summed E-state index contributed by atoms with van der Waals surface area (Å²) in [4.78, 5) is 41.7. The number of carbonyl (C=O) groups is 3. The molecule has 0 saturated carbocycles. The lowest BCUT2D eigenvalue weighted by molar-refractivity contribution is -0.147. The quantitative estimate of drug-likeness (QED) is 0.777. The minimum absolute atomic E-state index is 0.0519. The first-order chi connectivity index (χ1) is 13.3. The Morgan fingerprint density at radius 3 is 2.18 bits per heavy atom. The fraction of sp³-hybridized carbons (Fsp3) is 0.350. The molecule has 28 heavy (non-hydrogen) atoms. The van der Waals surface area contributed by atoms with Gasteiger partial charge in [-0.05, 0) is 43.7 Å². The van der Waals surface area contributed by atoms with Crippen LogP contribution in [-0.2, 0) is 9.59 Å². The van der Waals surface area contributed by atoms with Crippen LogP contribution in [0.25, 0.3) is 10.4 Å². The van der Waals surface area contributed by atoms with Crippen molar-refractivity contribution in [1.29, 1.82) is 0 Å². The fourth-order valence-electron chi connectivity index (χ4n) is 2.96. The molecule has 0 radical (unpaired) electrons. The Labute approximate surface area is 173 Å². The molecule has 2 aromatic rings. The van der Waals surface area contributed by atoms with Gasteiger partial charge in [0.15, 0.2) is 0 Å². The van der Waals surface area contributed by atoms with Crippen molar-refractivity contribution >= 4 is 40.7 Å². The van der Waals surface area contributed by atoms with Crippen LogP contribution in [0.15, 0.2) is 36.4 Å². The lowest BCUT2D eigenvalue weighted by Crippen LogP contribution is -2.54. The van der Waals surface area contributed by atoms with Gasteiger partial charge in [0, 0.05) is 42.1 Å². The maximum atomic E-state index is 12.8. The zero-order valence-electron chi connectivity index (χ0n) is 15.8. The molecule has 0 aliphatic carbocycles. The number of carbonyl (C=O) groups excluding carboxylic acids is 3. The second-order valence-electron chi connectivity index (χ2n) is 6.88. The molecule has 1 aromatic carbocycles. The molecule has 0 bridgehead atoms. The molecular weight excluding hydrogens is 398 g/mol. The largest absolute Gasteiger partial charge is 0.346 e. The fourth-order valence-corrected chi connectivity index (χ4v) is 4.06. The lowest BCUT2D eigenvalue weighted by Gasteiger charge is -2.34. The zero-order valence-corrected chi connectivity index (χ0v) is 17.3. The molecule has 3 rings (SSSR count). The van der Waals surface area contributed by atoms with E-state index in [-0.39, 0.29) is 11.9 Å². The molecular formula is C20H22ClN3O3S. The second kappa shape index (κ2) is 8.75. The molecule has 1 fully saturated rings. The molecule has 0 unspecified atom stereocenters. The zero-order chi connectivity index (χ0) is 20.3. The molecule has 0 atom stereocenters. The maximum absolute atomic E-state index is 12.8. The van der Waals surface area contributed by atoms with E-state index in [9.17, 15) is 14.4 Å². The number of amides is 3. The highest BCUT2D eigenvalue weighted by Crippen LogP contribution is 2.29. The Morgan fingerprint density at radius 1 is 0.964 bits per heavy atom. The van der Waals surface area contributed by atoms with E-state index in [0.29, 0.717) is 36.1 Å². The van der Waals surface area contributed by atoms with Crippen LogP contribution in [0.1, 0.15) is 23.5 Å². The van der Waals surface area contributed by atoms with Crippen LogP contribution in [0.2, 0.25) is 5.02 Å². The molecule has 3 amide bonds. The third-order valence-electron chi connectivity index (χ3n) is 4.41. The average molecular weight is 420 g/mol. The SMILES string of the molecule is CC(C)NC(=O)C(=O)N1CCN(C(=O)c2ccc(-c3ccc(Cl)cc3)s2)CC1. The minimum atomic E-state index is -0.597. The Balaban J connectivity index is 1.59. The molecule has 1 N–H and O–H groups in total. The van der Waals surface area contributed by atoms with E-state index in [4.69, 9.17) is 11.6 Å². The lowest BCUT2D eigenvalue weighted by atomic mass is 10.2. The van der Waals surface area contributed by atoms with Crippen molar-refractivity contribution in [3.8, 4) is 10.4 Å². The summed E-state index contributed by atoms with van der Waals surface area (Å²) < 4.78 is 0. The van der Waals surface area contributed by atoms with Gasteiger partial charge in [-0.15, -0.1) is 11.3 Å². The molecule has 2 heterocycles. The van der Waals surface area contributed by atoms with E-state index < -0.39 is 11.8 Å². The maximum Gasteiger partial charge on any atom is 0.312 e. The van der Waals surface area contributed by atoms with E-state index in [1.165, 1.54) is 16.2 Å². The molecule has 8 heteroatoms. The normalized spacial score (nSPS) is 14.3. The van der Waals surface area contributed by atoms with Gasteiger partial charge in [0.1, 0.15) is 0 Å². The van der Waals surface area contributed by atoms with Crippen molar-refractivity contribution in [3.05, 3.63) is 46.3 Å². The number of hydrogen-bond acceptors (Lipinski definition) is 4. The minimum Gasteiger partial charge on any atom is -0.346 e. The van der Waals surface area contributed by atoms with Gasteiger partial charge in [0.25, 0.3) is 5.91 Å². The van der Waals surface area contributed by atoms with Crippen LogP contribution < -0.4 is 5.32 Å². The standard InChI is InChI=1S/C20H22ClN3O3S/c1-13(2)22-18(25)20(27)24-11-9-23(10-12-24)19(26)17-8-7-16(28-17)14-3-5-15(21)6-4-14/h3-8,13H,9-12H2,1-2H3,(H,22,25). The van der Waals surface area contributed by atoms with E-state index in [0.717, 1.165) is 10.4 Å². The van der Waals surface area contributed by atoms with Crippen LogP contribution in [0, 0.1) is 0 Å². The topological polar surface area (TPSA) is 69.7 Å². The predicted octanol–water partition coefficient (Wildman–Crippen LogP) is 2.88. The van der Waals surface area contributed by atoms with Gasteiger partial charge >= 0.3 is 11.8 Å². The van der Waals surface area contributed by atoms with Crippen molar-refractivity contribution in [2.45, 2.75) is 19.9 Å². The number of nitrogens with one attached hydrogen (secondary N) is 1. The number of benzene rings is 1. The summed E-state index contributed by atoms with van der Waals surface area (Å²) in [6.07, 6.45) is 0. The van der Waals surface area contributed by atoms with Gasteiger partial charge in [-0.2, -0.15) is 0 Å². The molecule has 6 nitrogen and oxygen atoms in total. The average Bonchev–Trinajstić information content (AvgIpc) is 3.17. The summed E-state index contributed by atoms with van der Waals surface area (Å²) in [5.74, 6) is -1.19. The van der Waals surface area contributed by atoms with E-state index >= 15 is 0 Å². The summed E-state index contributed by atoms with van der Waals surface area (Å²) in [6.45, 7) is 5.14. The Morgan fingerprint density at radius 2 is 1.57 bits per heavy atom. The molecule has 148 valence electrons. The van der Waals surface area contributed by atoms with E-state index in [1.807, 2.05) is 36.4 Å². The second-order valence-corrected chi connectivity index (χ2v) is 8.40. The molecule has 0 spiro atoms. The van der Waals surface area contributed by atoms with Crippen LogP contribution in [0.5, 0.6) is 0 Å². The van der Waals surface area contributed by atoms with Crippen molar-refractivity contribution in [1.82, 2.24) is 15.1 Å². The Hall–Kier alpha value is -2.38. The summed E-state index contributed by atoms with van der Waals surface area (Å²) in [5, 5.41) is 3.28. The number of rotatable bonds is 3. The number of nitrogens with zero attached hydrogens (tertiary/aromatic N) is 2. The van der Waals surface area contributed by atoms with E-state index in [2.05, 4.69) is 5.32 Å². The highest BCUT2D eigenvalue weighted by molar-refractivity contribution is 7.17. The van der Waals surface area contributed by atoms with Gasteiger partial charge in [0.2, 0.25) is 0 Å². The molecule has 1 aromatic heterocycles. The number of halogens is 1. The van der Waals surface area contributed by atoms with Gasteiger partial charge in [-0.1, -0.05) is 23.7 Å². The highest BCUT2D eigenvalue weighted by Gasteiger charge is 2.29. The van der Waals surface area contributed by atoms with Crippen LogP contribution in [0.3, 0.4) is 0 Å². The summed E-state index contributed by atoms with van der Waals surface area (Å²) in [7, 11) is 0. The number of thiophene rings is 1. The molecule has 1 aliphatic rings. The highest BCUT2D eigenvalue weighted by atomic mass is 35.5. The predicted molar refractivity (Wildman–Crippen MR) is 111 cm³/mol. The van der Waals surface area contributed by atoms with Gasteiger partial charge < -0.3 is 15.1 Å². The summed E-state index contributed by atoms with van der Waals surface area (Å²) >= 11 is 7.36. The Kier molecular flexibility index (Phi) is 6.36. The smallest absolute Gasteiger partial charge is 0.312 e. The summed E-state index contributed by atoms with van der Waals surface area (Å²) in [6, 6.07) is 11.2. The van der Waals surface area contributed by atoms with Gasteiger partial charge in [0.05, 0.1) is 4.88 Å². The molecule has 1 aliphatic heterocycles. The first kappa shape index (κ1) is 20.4. The number of hydrogen-bond donors (Lipinski definition) is 1. The molecule has 1 saturated heterocycles. The third kappa shape index (κ3) is 4.72. The van der Waals surface area contributed by atoms with Crippen molar-refractivity contribution in [2.24, 2.45) is 0 Å². The monoisotopic (exact) mass is 419 g/mol. The Bertz CT molecular complexity index is 871. The van der Waals surface area contributed by atoms with Crippen LogP contribution in [0.4, 0.5) is 0 Å². The van der Waals surface area contributed by atoms with Crippen LogP contribution >= 0.6 is 22.9 Å². The third-order valence-corrected chi connectivity index (χ3v) is 5.79. The first-order valence-corrected chi connectivity index (χ1v) is 10.3. The van der Waals surface area contributed by atoms with Crippen molar-refractivity contribution < 1.29 is 14.4 Å². The summed E-state index contributed by atoms with van der Waals surface area (Å²) in [5.41, 5.74) is 1.01. The van der Waals surface area contributed by atoms with Crippen LogP contribution in [-0.4, -0.2) is 59.7 Å². The van der Waals surface area contributed by atoms with Gasteiger partial charge in [-0.25, -0.2) is 0 Å². The van der Waals surface area contributed by atoms with E-state index in [1.54, 1.807) is 18.7 Å². The van der Waals surface area contributed by atoms with Crippen molar-refractivity contribution in [2.75, 3.05) is 26.2 Å². The number of piperazine rings is 1. The van der Waals surface area contributed by atoms with Gasteiger partial charge in [-0.3, -0.25) is 14.4 Å². The first-order valence-electron chi connectivity index (χ1n) is 9.10. The van der Waals surface area contributed by atoms with Crippen molar-refractivity contribution in [3.63, 3.8) is 0 Å².